The van der Waals surface area contributed by atoms with E-state index in [1.165, 1.54) is 22.4 Å². The molecule has 3 heterocycles. The second kappa shape index (κ2) is 15.1. The van der Waals surface area contributed by atoms with Gasteiger partial charge in [0.15, 0.2) is 0 Å². The Balaban J connectivity index is 0.00000532. The van der Waals surface area contributed by atoms with E-state index < -0.39 is 0 Å². The molecule has 1 aliphatic carbocycles. The van der Waals surface area contributed by atoms with Crippen molar-refractivity contribution in [3.63, 3.8) is 0 Å². The van der Waals surface area contributed by atoms with Crippen LogP contribution < -0.4 is 4.74 Å². The Morgan fingerprint density at radius 3 is 2.16 bits per heavy atom. The van der Waals surface area contributed by atoms with Crippen LogP contribution in [0.1, 0.15) is 122 Å². The number of para-hydroxylation sites is 1. The molecule has 0 spiro atoms. The van der Waals surface area contributed by atoms with Gasteiger partial charge in [-0.05, 0) is 96.0 Å². The molecule has 3 aromatic carbocycles. The monoisotopic (exact) mass is 927 g/mol. The average molecular weight is 928 g/mol. The Labute approximate surface area is 350 Å². The number of hydrogen-bond acceptors (Lipinski definition) is 3. The van der Waals surface area contributed by atoms with E-state index in [0.717, 1.165) is 51.0 Å². The van der Waals surface area contributed by atoms with Crippen molar-refractivity contribution in [2.24, 2.45) is 28.1 Å². The van der Waals surface area contributed by atoms with Crippen LogP contribution in [0.25, 0.3) is 33.3 Å². The van der Waals surface area contributed by atoms with E-state index in [9.17, 15) is 0 Å². The number of aromatic nitrogens is 4. The van der Waals surface area contributed by atoms with Gasteiger partial charge in [0.2, 0.25) is 0 Å². The van der Waals surface area contributed by atoms with E-state index in [2.05, 4.69) is 173 Å². The number of rotatable bonds is 6. The molecule has 0 fully saturated rings. The molecule has 56 heavy (non-hydrogen) atoms. The summed E-state index contributed by atoms with van der Waals surface area (Å²) in [4.78, 5) is 4.76. The fourth-order valence-electron chi connectivity index (χ4n) is 8.87. The van der Waals surface area contributed by atoms with E-state index in [0.29, 0.717) is 23.3 Å². The topological polar surface area (TPSA) is 44.9 Å². The van der Waals surface area contributed by atoms with Gasteiger partial charge in [-0.25, -0.2) is 4.98 Å². The molecule has 1 aliphatic rings. The Morgan fingerprint density at radius 1 is 0.804 bits per heavy atom. The number of hydrogen-bond donors (Lipinski definition) is 0. The van der Waals surface area contributed by atoms with E-state index in [-0.39, 0.29) is 49.1 Å². The standard InChI is InChI=1S/C50H60N4O.Pt/c1-30(2)34-24-36(54-33(5)46(32(4)52-54)47-41(49(9,10)11)26-35(48(6,7)8)27-42(47)50(12,13)14)28-38(25-34)55-37-19-20-40-39-17-15-16-18-43(39)53(44(40)29-37)45-23-31(3)21-22-51-45;/h15-26,30,35,42,47H,27H2,1-14H3;/q-2;+2/t35-,42-,47?;/m0./s1. The van der Waals surface area contributed by atoms with Crippen LogP contribution in [-0.4, -0.2) is 19.3 Å². The first-order valence-corrected chi connectivity index (χ1v) is 20.1. The van der Waals surface area contributed by atoms with Gasteiger partial charge in [-0.3, -0.25) is 4.68 Å². The molecular weight excluding hydrogens is 868 g/mol. The summed E-state index contributed by atoms with van der Waals surface area (Å²) >= 11 is 0. The Kier molecular flexibility index (Phi) is 11.2. The summed E-state index contributed by atoms with van der Waals surface area (Å²) in [5.41, 5.74) is 10.7. The quantitative estimate of drug-likeness (QED) is 0.123. The molecule has 6 aromatic rings. The number of aryl methyl sites for hydroxylation is 2. The SMILES string of the molecule is Cc1ccnc(-n2c3[c-]c(Oc4[c-]c(-n5nc(C)c(C6C(C(C)(C)C)=C[C@H](C(C)(C)C)C[C@@H]6C(C)(C)C)c5C)cc(C(C)C)c4)ccc3c3ccccc32)c1.[Pt+2]. The van der Waals surface area contributed by atoms with Crippen molar-refractivity contribution in [2.75, 3.05) is 0 Å². The van der Waals surface area contributed by atoms with Crippen LogP contribution >= 0.6 is 0 Å². The summed E-state index contributed by atoms with van der Waals surface area (Å²) in [5.74, 6) is 3.67. The number of ether oxygens (including phenoxy) is 1. The van der Waals surface area contributed by atoms with E-state index in [4.69, 9.17) is 14.8 Å². The predicted octanol–water partition coefficient (Wildman–Crippen LogP) is 13.6. The van der Waals surface area contributed by atoms with E-state index in [1.54, 1.807) is 0 Å². The summed E-state index contributed by atoms with van der Waals surface area (Å²) in [5, 5.41) is 7.57. The summed E-state index contributed by atoms with van der Waals surface area (Å²) in [6.45, 7) is 32.7. The zero-order chi connectivity index (χ0) is 39.8. The maximum atomic E-state index is 6.72. The molecule has 296 valence electrons. The smallest absolute Gasteiger partial charge is 0.509 e. The zero-order valence-electron chi connectivity index (χ0n) is 36.0. The van der Waals surface area contributed by atoms with Gasteiger partial charge in [-0.1, -0.05) is 112 Å². The minimum Gasteiger partial charge on any atom is -0.509 e. The maximum absolute atomic E-state index is 6.72. The molecule has 0 N–H and O–H groups in total. The second-order valence-electron chi connectivity index (χ2n) is 19.6. The molecular formula is C50H60N4OPt. The third kappa shape index (κ3) is 7.82. The van der Waals surface area contributed by atoms with Crippen LogP contribution in [0.5, 0.6) is 11.5 Å². The molecule has 0 bridgehead atoms. The summed E-state index contributed by atoms with van der Waals surface area (Å²) in [7, 11) is 0. The third-order valence-corrected chi connectivity index (χ3v) is 12.0. The van der Waals surface area contributed by atoms with Crippen LogP contribution in [0.15, 0.2) is 78.5 Å². The Hall–Kier alpha value is -3.95. The van der Waals surface area contributed by atoms with Gasteiger partial charge in [0.25, 0.3) is 0 Å². The molecule has 7 rings (SSSR count). The van der Waals surface area contributed by atoms with Gasteiger partial charge in [-0.15, -0.1) is 41.3 Å². The number of pyridine rings is 1. The molecule has 3 aromatic heterocycles. The van der Waals surface area contributed by atoms with Crippen LogP contribution in [0.4, 0.5) is 0 Å². The number of nitrogens with zero attached hydrogens (tertiary/aromatic N) is 4. The first-order valence-electron chi connectivity index (χ1n) is 20.1. The Morgan fingerprint density at radius 2 is 1.52 bits per heavy atom. The number of allylic oxidation sites excluding steroid dienone is 2. The minimum absolute atomic E-state index is 0. The normalized spacial score (nSPS) is 18.1. The van der Waals surface area contributed by atoms with E-state index in [1.807, 2.05) is 18.3 Å². The van der Waals surface area contributed by atoms with Crippen LogP contribution in [0, 0.1) is 61.0 Å². The molecule has 5 nitrogen and oxygen atoms in total. The second-order valence-corrected chi connectivity index (χ2v) is 19.6. The fraction of sp³-hybridized carbons (Fsp3) is 0.440. The van der Waals surface area contributed by atoms with Gasteiger partial charge in [0.1, 0.15) is 5.82 Å². The maximum Gasteiger partial charge on any atom is 2.00 e. The van der Waals surface area contributed by atoms with Crippen LogP contribution in [0.2, 0.25) is 0 Å². The van der Waals surface area contributed by atoms with E-state index >= 15 is 0 Å². The van der Waals surface area contributed by atoms with Crippen molar-refractivity contribution in [3.05, 3.63) is 119 Å². The molecule has 0 radical (unpaired) electrons. The van der Waals surface area contributed by atoms with Crippen molar-refractivity contribution in [2.45, 2.75) is 115 Å². The largest absolute Gasteiger partial charge is 2.00 e. The number of fused-ring (bicyclic) bond motifs is 3. The summed E-state index contributed by atoms with van der Waals surface area (Å²) in [6, 6.07) is 28.4. The molecule has 3 atom stereocenters. The van der Waals surface area contributed by atoms with Gasteiger partial charge in [0.05, 0.1) is 5.69 Å². The average Bonchev–Trinajstić information content (AvgIpc) is 3.58. The first kappa shape index (κ1) is 41.7. The molecule has 0 saturated heterocycles. The van der Waals surface area contributed by atoms with Gasteiger partial charge in [-0.2, -0.15) is 11.2 Å². The van der Waals surface area contributed by atoms with Gasteiger partial charge in [0, 0.05) is 40.4 Å². The molecule has 6 heteroatoms. The van der Waals surface area contributed by atoms with Crippen LogP contribution in [0.3, 0.4) is 0 Å². The molecule has 0 aliphatic heterocycles. The zero-order valence-corrected chi connectivity index (χ0v) is 38.2. The first-order chi connectivity index (χ1) is 25.7. The summed E-state index contributed by atoms with van der Waals surface area (Å²) in [6.07, 6.45) is 5.67. The molecule has 1 unspecified atom stereocenters. The summed E-state index contributed by atoms with van der Waals surface area (Å²) < 4.78 is 11.0. The Bertz CT molecular complexity index is 2420. The van der Waals surface area contributed by atoms with Crippen molar-refractivity contribution in [1.82, 2.24) is 19.3 Å². The molecule has 0 amide bonds. The van der Waals surface area contributed by atoms with Crippen molar-refractivity contribution >= 4 is 21.8 Å². The van der Waals surface area contributed by atoms with Gasteiger partial charge >= 0.3 is 21.1 Å². The van der Waals surface area contributed by atoms with Crippen molar-refractivity contribution in [3.8, 4) is 23.0 Å². The number of benzene rings is 3. The molecule has 0 saturated carbocycles. The van der Waals surface area contributed by atoms with Crippen molar-refractivity contribution < 1.29 is 25.8 Å². The predicted molar refractivity (Wildman–Crippen MR) is 229 cm³/mol. The minimum atomic E-state index is 0. The van der Waals surface area contributed by atoms with Crippen LogP contribution in [-0.2, 0) is 21.1 Å². The fourth-order valence-corrected chi connectivity index (χ4v) is 8.87. The van der Waals surface area contributed by atoms with Gasteiger partial charge < -0.3 is 9.30 Å². The third-order valence-electron chi connectivity index (χ3n) is 12.0. The van der Waals surface area contributed by atoms with Crippen molar-refractivity contribution in [1.29, 1.82) is 0 Å².